The summed E-state index contributed by atoms with van der Waals surface area (Å²) in [5, 5.41) is 12.2. The molecule has 2 aromatic rings. The Morgan fingerprint density at radius 1 is 1.20 bits per heavy atom. The van der Waals surface area contributed by atoms with Gasteiger partial charge in [0.25, 0.3) is 0 Å². The van der Waals surface area contributed by atoms with Gasteiger partial charge in [0.1, 0.15) is 5.75 Å². The number of aromatic carboxylic acids is 1. The Bertz CT molecular complexity index is 623. The van der Waals surface area contributed by atoms with Gasteiger partial charge in [-0.1, -0.05) is 6.07 Å². The first-order chi connectivity index (χ1) is 9.60. The minimum Gasteiger partial charge on any atom is -0.494 e. The smallest absolute Gasteiger partial charge is 0.335 e. The molecular formula is C16H17NO3. The molecule has 0 aliphatic rings. The van der Waals surface area contributed by atoms with Crippen LogP contribution in [0.25, 0.3) is 0 Å². The van der Waals surface area contributed by atoms with Crippen molar-refractivity contribution in [2.75, 3.05) is 11.9 Å². The summed E-state index contributed by atoms with van der Waals surface area (Å²) in [5.74, 6) is -0.108. The highest BCUT2D eigenvalue weighted by Crippen LogP contribution is 2.23. The van der Waals surface area contributed by atoms with Crippen LogP contribution in [-0.4, -0.2) is 17.7 Å². The van der Waals surface area contributed by atoms with Crippen LogP contribution in [-0.2, 0) is 0 Å². The number of carboxylic acids is 1. The number of rotatable bonds is 5. The summed E-state index contributed by atoms with van der Waals surface area (Å²) < 4.78 is 5.44. The molecule has 104 valence electrons. The second kappa shape index (κ2) is 6.10. The van der Waals surface area contributed by atoms with Gasteiger partial charge in [-0.25, -0.2) is 4.79 Å². The van der Waals surface area contributed by atoms with Gasteiger partial charge in [-0.05, 0) is 49.7 Å². The van der Waals surface area contributed by atoms with Crippen LogP contribution < -0.4 is 10.1 Å². The lowest BCUT2D eigenvalue weighted by Crippen LogP contribution is -2.00. The lowest BCUT2D eigenvalue weighted by atomic mass is 10.1. The van der Waals surface area contributed by atoms with Gasteiger partial charge in [-0.3, -0.25) is 0 Å². The number of carboxylic acid groups (broad SMARTS) is 1. The molecule has 2 aromatic carbocycles. The van der Waals surface area contributed by atoms with Crippen LogP contribution in [0.3, 0.4) is 0 Å². The number of benzene rings is 2. The van der Waals surface area contributed by atoms with E-state index in [4.69, 9.17) is 9.84 Å². The lowest BCUT2D eigenvalue weighted by molar-refractivity contribution is 0.0696. The van der Waals surface area contributed by atoms with Crippen molar-refractivity contribution in [2.24, 2.45) is 0 Å². The van der Waals surface area contributed by atoms with Crippen LogP contribution >= 0.6 is 0 Å². The van der Waals surface area contributed by atoms with Crippen LogP contribution in [0.5, 0.6) is 5.75 Å². The second-order valence-corrected chi connectivity index (χ2v) is 4.42. The molecule has 0 aliphatic heterocycles. The molecule has 0 spiro atoms. The zero-order valence-electron chi connectivity index (χ0n) is 11.5. The van der Waals surface area contributed by atoms with Gasteiger partial charge in [0, 0.05) is 17.4 Å². The maximum atomic E-state index is 11.0. The number of nitrogens with one attached hydrogen (secondary N) is 1. The highest BCUT2D eigenvalue weighted by molar-refractivity contribution is 5.90. The molecule has 0 saturated heterocycles. The van der Waals surface area contributed by atoms with Crippen molar-refractivity contribution < 1.29 is 14.6 Å². The Hall–Kier alpha value is -2.49. The van der Waals surface area contributed by atoms with Gasteiger partial charge in [-0.15, -0.1) is 0 Å². The highest BCUT2D eigenvalue weighted by Gasteiger charge is 2.07. The molecule has 4 heteroatoms. The summed E-state index contributed by atoms with van der Waals surface area (Å²) >= 11 is 0. The third-order valence-corrected chi connectivity index (χ3v) is 2.89. The van der Waals surface area contributed by atoms with Gasteiger partial charge in [0.15, 0.2) is 0 Å². The van der Waals surface area contributed by atoms with E-state index in [1.54, 1.807) is 19.1 Å². The van der Waals surface area contributed by atoms with Crippen molar-refractivity contribution in [3.05, 3.63) is 53.6 Å². The molecule has 0 radical (unpaired) electrons. The Morgan fingerprint density at radius 2 is 1.95 bits per heavy atom. The normalized spacial score (nSPS) is 10.1. The molecule has 2 rings (SSSR count). The summed E-state index contributed by atoms with van der Waals surface area (Å²) in [5.41, 5.74) is 2.79. The first-order valence-corrected chi connectivity index (χ1v) is 6.44. The largest absolute Gasteiger partial charge is 0.494 e. The highest BCUT2D eigenvalue weighted by atomic mass is 16.5. The van der Waals surface area contributed by atoms with Gasteiger partial charge in [0.2, 0.25) is 0 Å². The maximum absolute atomic E-state index is 11.0. The Balaban J connectivity index is 2.19. The number of ether oxygens (including phenoxy) is 1. The van der Waals surface area contributed by atoms with Crippen molar-refractivity contribution in [1.82, 2.24) is 0 Å². The average Bonchev–Trinajstić information content (AvgIpc) is 2.39. The molecule has 0 aliphatic carbocycles. The maximum Gasteiger partial charge on any atom is 0.335 e. The summed E-state index contributed by atoms with van der Waals surface area (Å²) in [6, 6.07) is 12.8. The minimum absolute atomic E-state index is 0.318. The Labute approximate surface area is 118 Å². The molecule has 0 amide bonds. The topological polar surface area (TPSA) is 58.6 Å². The molecule has 0 heterocycles. The molecule has 2 N–H and O–H groups in total. The van der Waals surface area contributed by atoms with Crippen molar-refractivity contribution in [2.45, 2.75) is 13.8 Å². The predicted molar refractivity (Wildman–Crippen MR) is 79.0 cm³/mol. The number of hydrogen-bond acceptors (Lipinski definition) is 3. The second-order valence-electron chi connectivity index (χ2n) is 4.42. The zero-order valence-corrected chi connectivity index (χ0v) is 11.5. The molecule has 0 aromatic heterocycles. The first-order valence-electron chi connectivity index (χ1n) is 6.44. The van der Waals surface area contributed by atoms with Gasteiger partial charge >= 0.3 is 5.97 Å². The van der Waals surface area contributed by atoms with Crippen LogP contribution in [0.1, 0.15) is 22.8 Å². The van der Waals surface area contributed by atoms with E-state index in [0.717, 1.165) is 22.7 Å². The zero-order chi connectivity index (χ0) is 14.5. The molecule has 0 saturated carbocycles. The third kappa shape index (κ3) is 3.29. The fraction of sp³-hybridized carbons (Fsp3) is 0.188. The lowest BCUT2D eigenvalue weighted by Gasteiger charge is -2.10. The number of carbonyl (C=O) groups is 1. The first kappa shape index (κ1) is 13.9. The van der Waals surface area contributed by atoms with Crippen LogP contribution in [0.4, 0.5) is 11.4 Å². The number of hydrogen-bond donors (Lipinski definition) is 2. The predicted octanol–water partition coefficient (Wildman–Crippen LogP) is 3.84. The Kier molecular flexibility index (Phi) is 4.25. The molecular weight excluding hydrogens is 254 g/mol. The molecule has 20 heavy (non-hydrogen) atoms. The summed E-state index contributed by atoms with van der Waals surface area (Å²) in [4.78, 5) is 11.0. The number of aryl methyl sites for hydroxylation is 1. The van der Waals surface area contributed by atoms with E-state index >= 15 is 0 Å². The van der Waals surface area contributed by atoms with E-state index in [1.165, 1.54) is 0 Å². The van der Waals surface area contributed by atoms with E-state index in [1.807, 2.05) is 37.3 Å². The average molecular weight is 271 g/mol. The molecule has 0 fully saturated rings. The minimum atomic E-state index is -0.910. The molecule has 4 nitrogen and oxygen atoms in total. The fourth-order valence-electron chi connectivity index (χ4n) is 1.98. The van der Waals surface area contributed by atoms with E-state index in [9.17, 15) is 4.79 Å². The van der Waals surface area contributed by atoms with Crippen molar-refractivity contribution in [3.63, 3.8) is 0 Å². The summed E-state index contributed by atoms with van der Waals surface area (Å²) in [6.07, 6.45) is 0. The van der Waals surface area contributed by atoms with Crippen molar-refractivity contribution in [3.8, 4) is 5.75 Å². The quantitative estimate of drug-likeness (QED) is 0.867. The van der Waals surface area contributed by atoms with E-state index in [0.29, 0.717) is 12.2 Å². The number of anilines is 2. The standard InChI is InChI=1S/C16H17NO3/c1-3-20-14-6-4-5-12(10-14)17-13-7-8-15(16(18)19)11(2)9-13/h4-10,17H,3H2,1-2H3,(H,18,19). The van der Waals surface area contributed by atoms with Crippen molar-refractivity contribution >= 4 is 17.3 Å². The van der Waals surface area contributed by atoms with E-state index in [-0.39, 0.29) is 0 Å². The molecule has 0 atom stereocenters. The van der Waals surface area contributed by atoms with Gasteiger partial charge < -0.3 is 15.2 Å². The summed E-state index contributed by atoms with van der Waals surface area (Å²) in [6.45, 7) is 4.34. The molecule has 0 bridgehead atoms. The monoisotopic (exact) mass is 271 g/mol. The molecule has 0 unspecified atom stereocenters. The van der Waals surface area contributed by atoms with Crippen molar-refractivity contribution in [1.29, 1.82) is 0 Å². The van der Waals surface area contributed by atoms with Crippen LogP contribution in [0.2, 0.25) is 0 Å². The van der Waals surface area contributed by atoms with E-state index < -0.39 is 5.97 Å². The fourth-order valence-corrected chi connectivity index (χ4v) is 1.98. The SMILES string of the molecule is CCOc1cccc(Nc2ccc(C(=O)O)c(C)c2)c1. The van der Waals surface area contributed by atoms with E-state index in [2.05, 4.69) is 5.32 Å². The van der Waals surface area contributed by atoms with Gasteiger partial charge in [-0.2, -0.15) is 0 Å². The third-order valence-electron chi connectivity index (χ3n) is 2.89. The van der Waals surface area contributed by atoms with Crippen LogP contribution in [0, 0.1) is 6.92 Å². The van der Waals surface area contributed by atoms with Gasteiger partial charge in [0.05, 0.1) is 12.2 Å². The van der Waals surface area contributed by atoms with Crippen LogP contribution in [0.15, 0.2) is 42.5 Å². The Morgan fingerprint density at radius 3 is 2.60 bits per heavy atom. The summed E-state index contributed by atoms with van der Waals surface area (Å²) in [7, 11) is 0.